The Labute approximate surface area is 160 Å². The van der Waals surface area contributed by atoms with Crippen LogP contribution >= 0.6 is 0 Å². The molecular weight excluding hydrogens is 354 g/mol. The zero-order valence-corrected chi connectivity index (χ0v) is 14.9. The molecule has 6 heteroatoms. The fourth-order valence-corrected chi connectivity index (χ4v) is 3.94. The summed E-state index contributed by atoms with van der Waals surface area (Å²) in [6, 6.07) is 17.3. The maximum atomic E-state index is 12.8. The maximum absolute atomic E-state index is 12.8. The lowest BCUT2D eigenvalue weighted by molar-refractivity contribution is -0.122. The van der Waals surface area contributed by atoms with E-state index in [0.29, 0.717) is 23.4 Å². The second-order valence-electron chi connectivity index (χ2n) is 6.73. The standard InChI is InChI=1S/C22H17N3O3/c26-12-11-24-13-16(15-6-2-4-8-18(15)24)19-20(22(28)23-21(19)27)25-10-9-14-5-1-3-7-17(14)25/h1-10,13,26H,11-12H2,(H,23,27,28). The van der Waals surface area contributed by atoms with Gasteiger partial charge in [-0.15, -0.1) is 0 Å². The van der Waals surface area contributed by atoms with Gasteiger partial charge in [0.2, 0.25) is 0 Å². The van der Waals surface area contributed by atoms with Gasteiger partial charge in [0.05, 0.1) is 17.7 Å². The normalized spacial score (nSPS) is 14.5. The Kier molecular flexibility index (Phi) is 3.67. The summed E-state index contributed by atoms with van der Waals surface area (Å²) in [7, 11) is 0. The van der Waals surface area contributed by atoms with Crippen molar-refractivity contribution in [2.24, 2.45) is 0 Å². The quantitative estimate of drug-likeness (QED) is 0.542. The van der Waals surface area contributed by atoms with Gasteiger partial charge in [-0.1, -0.05) is 36.4 Å². The summed E-state index contributed by atoms with van der Waals surface area (Å²) in [6.07, 6.45) is 3.64. The Balaban J connectivity index is 1.83. The molecule has 2 amide bonds. The molecule has 2 N–H and O–H groups in total. The molecule has 28 heavy (non-hydrogen) atoms. The van der Waals surface area contributed by atoms with E-state index in [0.717, 1.165) is 21.8 Å². The molecule has 2 aromatic heterocycles. The van der Waals surface area contributed by atoms with Crippen LogP contribution in [-0.4, -0.2) is 32.7 Å². The monoisotopic (exact) mass is 371 g/mol. The highest BCUT2D eigenvalue weighted by atomic mass is 16.3. The van der Waals surface area contributed by atoms with Gasteiger partial charge in [0.1, 0.15) is 5.70 Å². The van der Waals surface area contributed by atoms with Gasteiger partial charge in [-0.2, -0.15) is 0 Å². The van der Waals surface area contributed by atoms with Crippen LogP contribution in [-0.2, 0) is 16.1 Å². The van der Waals surface area contributed by atoms with Crippen molar-refractivity contribution >= 4 is 44.9 Å². The van der Waals surface area contributed by atoms with Gasteiger partial charge in [0, 0.05) is 35.4 Å². The van der Waals surface area contributed by atoms with Crippen molar-refractivity contribution in [2.75, 3.05) is 6.61 Å². The predicted octanol–water partition coefficient (Wildman–Crippen LogP) is 2.61. The summed E-state index contributed by atoms with van der Waals surface area (Å²) < 4.78 is 3.67. The van der Waals surface area contributed by atoms with Crippen LogP contribution in [0.2, 0.25) is 0 Å². The van der Waals surface area contributed by atoms with Gasteiger partial charge >= 0.3 is 0 Å². The van der Waals surface area contributed by atoms with Crippen LogP contribution in [0.25, 0.3) is 33.1 Å². The van der Waals surface area contributed by atoms with Gasteiger partial charge in [0.15, 0.2) is 0 Å². The highest BCUT2D eigenvalue weighted by molar-refractivity contribution is 6.47. The van der Waals surface area contributed by atoms with E-state index in [2.05, 4.69) is 5.32 Å². The van der Waals surface area contributed by atoms with Crippen molar-refractivity contribution in [3.05, 3.63) is 72.6 Å². The maximum Gasteiger partial charge on any atom is 0.275 e. The highest BCUT2D eigenvalue weighted by Gasteiger charge is 2.34. The fraction of sp³-hybridized carbons (Fsp3) is 0.0909. The lowest BCUT2D eigenvalue weighted by Gasteiger charge is -2.07. The number of imide groups is 1. The number of aromatic nitrogens is 2. The minimum Gasteiger partial charge on any atom is -0.395 e. The molecule has 0 saturated heterocycles. The van der Waals surface area contributed by atoms with Crippen LogP contribution < -0.4 is 5.32 Å². The molecule has 0 unspecified atom stereocenters. The fourth-order valence-electron chi connectivity index (χ4n) is 3.94. The van der Waals surface area contributed by atoms with Crippen molar-refractivity contribution in [3.8, 4) is 0 Å². The van der Waals surface area contributed by atoms with Gasteiger partial charge in [-0.3, -0.25) is 14.9 Å². The summed E-state index contributed by atoms with van der Waals surface area (Å²) in [5.41, 5.74) is 3.11. The first-order valence-electron chi connectivity index (χ1n) is 9.04. The van der Waals surface area contributed by atoms with E-state index in [1.807, 2.05) is 71.6 Å². The van der Waals surface area contributed by atoms with Gasteiger partial charge in [0.25, 0.3) is 11.8 Å². The van der Waals surface area contributed by atoms with Crippen molar-refractivity contribution in [1.29, 1.82) is 0 Å². The number of fused-ring (bicyclic) bond motifs is 2. The molecule has 0 fully saturated rings. The predicted molar refractivity (Wildman–Crippen MR) is 107 cm³/mol. The number of hydrogen-bond acceptors (Lipinski definition) is 3. The first-order chi connectivity index (χ1) is 13.7. The molecule has 1 aliphatic rings. The minimum absolute atomic E-state index is 0.0165. The van der Waals surface area contributed by atoms with Gasteiger partial charge in [-0.05, 0) is 23.6 Å². The average molecular weight is 371 g/mol. The second-order valence-corrected chi connectivity index (χ2v) is 6.73. The van der Waals surface area contributed by atoms with Crippen molar-refractivity contribution in [3.63, 3.8) is 0 Å². The van der Waals surface area contributed by atoms with E-state index >= 15 is 0 Å². The van der Waals surface area contributed by atoms with E-state index < -0.39 is 11.8 Å². The largest absolute Gasteiger partial charge is 0.395 e. The minimum atomic E-state index is -0.416. The zero-order chi connectivity index (χ0) is 19.3. The molecule has 0 atom stereocenters. The first-order valence-corrected chi connectivity index (χ1v) is 9.04. The number of para-hydroxylation sites is 2. The molecule has 0 bridgehead atoms. The third kappa shape index (κ3) is 2.32. The molecule has 0 aliphatic carbocycles. The first kappa shape index (κ1) is 16.5. The van der Waals surface area contributed by atoms with Crippen LogP contribution in [0.5, 0.6) is 0 Å². The number of amides is 2. The summed E-state index contributed by atoms with van der Waals surface area (Å²) >= 11 is 0. The van der Waals surface area contributed by atoms with Crippen LogP contribution in [0, 0.1) is 0 Å². The van der Waals surface area contributed by atoms with E-state index in [-0.39, 0.29) is 6.61 Å². The third-order valence-electron chi connectivity index (χ3n) is 5.15. The van der Waals surface area contributed by atoms with Crippen molar-refractivity contribution in [1.82, 2.24) is 14.5 Å². The summed E-state index contributed by atoms with van der Waals surface area (Å²) in [5, 5.41) is 13.7. The topological polar surface area (TPSA) is 76.3 Å². The lowest BCUT2D eigenvalue weighted by atomic mass is 10.0. The molecule has 2 aromatic carbocycles. The van der Waals surface area contributed by atoms with Gasteiger partial charge < -0.3 is 14.2 Å². The SMILES string of the molecule is O=C1NC(=O)C(n2ccc3ccccc32)=C1c1cn(CCO)c2ccccc12. The van der Waals surface area contributed by atoms with E-state index in [4.69, 9.17) is 0 Å². The molecule has 6 nitrogen and oxygen atoms in total. The number of aliphatic hydroxyl groups is 1. The summed E-state index contributed by atoms with van der Waals surface area (Å²) in [5.74, 6) is -0.829. The Morgan fingerprint density at radius 2 is 1.64 bits per heavy atom. The number of carbonyl (C=O) groups is 2. The molecule has 0 saturated carbocycles. The molecule has 0 spiro atoms. The number of nitrogens with one attached hydrogen (secondary N) is 1. The number of hydrogen-bond donors (Lipinski definition) is 2. The smallest absolute Gasteiger partial charge is 0.275 e. The summed E-state index contributed by atoms with van der Waals surface area (Å²) in [4.78, 5) is 25.5. The van der Waals surface area contributed by atoms with Crippen LogP contribution in [0.3, 0.4) is 0 Å². The van der Waals surface area contributed by atoms with Gasteiger partial charge in [-0.25, -0.2) is 0 Å². The molecule has 138 valence electrons. The second kappa shape index (κ2) is 6.21. The molecule has 4 aromatic rings. The van der Waals surface area contributed by atoms with Crippen LogP contribution in [0.1, 0.15) is 5.56 Å². The van der Waals surface area contributed by atoms with Crippen LogP contribution in [0.4, 0.5) is 0 Å². The van der Waals surface area contributed by atoms with E-state index in [1.165, 1.54) is 0 Å². The lowest BCUT2D eigenvalue weighted by Crippen LogP contribution is -2.23. The Bertz CT molecular complexity index is 1290. The number of nitrogens with zero attached hydrogens (tertiary/aromatic N) is 2. The average Bonchev–Trinajstić information content (AvgIpc) is 3.36. The molecule has 1 aliphatic heterocycles. The molecule has 0 radical (unpaired) electrons. The third-order valence-corrected chi connectivity index (χ3v) is 5.15. The molecule has 3 heterocycles. The number of rotatable bonds is 4. The summed E-state index contributed by atoms with van der Waals surface area (Å²) in [6.45, 7) is 0.391. The number of aliphatic hydroxyl groups excluding tert-OH is 1. The Hall–Kier alpha value is -3.64. The highest BCUT2D eigenvalue weighted by Crippen LogP contribution is 2.35. The van der Waals surface area contributed by atoms with Crippen molar-refractivity contribution < 1.29 is 14.7 Å². The molecule has 5 rings (SSSR count). The van der Waals surface area contributed by atoms with Crippen molar-refractivity contribution in [2.45, 2.75) is 6.54 Å². The number of carbonyl (C=O) groups excluding carboxylic acids is 2. The van der Waals surface area contributed by atoms with Crippen LogP contribution in [0.15, 0.2) is 67.0 Å². The van der Waals surface area contributed by atoms with E-state index in [9.17, 15) is 14.7 Å². The Morgan fingerprint density at radius 1 is 0.893 bits per heavy atom. The Morgan fingerprint density at radius 3 is 2.46 bits per heavy atom. The number of benzene rings is 2. The zero-order valence-electron chi connectivity index (χ0n) is 14.9. The van der Waals surface area contributed by atoms with E-state index in [1.54, 1.807) is 4.57 Å². The molecular formula is C22H17N3O3.